The summed E-state index contributed by atoms with van der Waals surface area (Å²) in [6, 6.07) is 2.74. The Balaban J connectivity index is 2.64. The Kier molecular flexibility index (Phi) is 1.65. The highest BCUT2D eigenvalue weighted by molar-refractivity contribution is 5.39. The van der Waals surface area contributed by atoms with Crippen LogP contribution in [-0.2, 0) is 12.3 Å². The van der Waals surface area contributed by atoms with E-state index in [0.717, 1.165) is 0 Å². The van der Waals surface area contributed by atoms with E-state index in [1.807, 2.05) is 0 Å². The van der Waals surface area contributed by atoms with Gasteiger partial charge in [0, 0.05) is 12.0 Å². The van der Waals surface area contributed by atoms with E-state index in [1.54, 1.807) is 6.92 Å². The van der Waals surface area contributed by atoms with Crippen LogP contribution in [0.3, 0.4) is 0 Å². The molecule has 0 heterocycles. The number of fused-ring (bicyclic) bond motifs is 1. The van der Waals surface area contributed by atoms with Gasteiger partial charge in [0.1, 0.15) is 5.82 Å². The van der Waals surface area contributed by atoms with Crippen LogP contribution in [0.4, 0.5) is 13.2 Å². The lowest BCUT2D eigenvalue weighted by molar-refractivity contribution is -0.00187. The Morgan fingerprint density at radius 1 is 1.31 bits per heavy atom. The van der Waals surface area contributed by atoms with Gasteiger partial charge in [0.25, 0.3) is 5.92 Å². The van der Waals surface area contributed by atoms with E-state index in [0.29, 0.717) is 5.56 Å². The number of rotatable bonds is 0. The monoisotopic (exact) mass is 186 g/mol. The third kappa shape index (κ3) is 1.14. The summed E-state index contributed by atoms with van der Waals surface area (Å²) in [7, 11) is 0. The molecule has 1 aromatic rings. The van der Waals surface area contributed by atoms with Crippen molar-refractivity contribution >= 4 is 0 Å². The molecule has 0 nitrogen and oxygen atoms in total. The molecule has 0 fully saturated rings. The topological polar surface area (TPSA) is 0 Å². The molecule has 70 valence electrons. The third-order valence-corrected chi connectivity index (χ3v) is 2.52. The highest BCUT2D eigenvalue weighted by Gasteiger charge is 2.40. The van der Waals surface area contributed by atoms with Gasteiger partial charge in [-0.05, 0) is 24.5 Å². The highest BCUT2D eigenvalue weighted by atomic mass is 19.3. The number of benzene rings is 1. The van der Waals surface area contributed by atoms with Crippen molar-refractivity contribution < 1.29 is 13.2 Å². The molecule has 0 radical (unpaired) electrons. The average Bonchev–Trinajstić information content (AvgIpc) is 2.35. The SMILES string of the molecule is Cc1ccc2c(c1F)CCC2(F)F. The summed E-state index contributed by atoms with van der Waals surface area (Å²) in [5, 5.41) is 0. The average molecular weight is 186 g/mol. The van der Waals surface area contributed by atoms with E-state index in [1.165, 1.54) is 12.1 Å². The fraction of sp³-hybridized carbons (Fsp3) is 0.400. The summed E-state index contributed by atoms with van der Waals surface area (Å²) in [6.45, 7) is 1.59. The van der Waals surface area contributed by atoms with E-state index >= 15 is 0 Å². The van der Waals surface area contributed by atoms with Crippen LogP contribution in [0.2, 0.25) is 0 Å². The number of hydrogen-bond acceptors (Lipinski definition) is 0. The van der Waals surface area contributed by atoms with Gasteiger partial charge < -0.3 is 0 Å². The zero-order valence-corrected chi connectivity index (χ0v) is 7.20. The van der Waals surface area contributed by atoms with Crippen LogP contribution in [0, 0.1) is 12.7 Å². The van der Waals surface area contributed by atoms with Crippen molar-refractivity contribution in [2.24, 2.45) is 0 Å². The van der Waals surface area contributed by atoms with Gasteiger partial charge in [0.15, 0.2) is 0 Å². The molecular weight excluding hydrogens is 177 g/mol. The minimum Gasteiger partial charge on any atom is -0.206 e. The summed E-state index contributed by atoms with van der Waals surface area (Å²) >= 11 is 0. The Morgan fingerprint density at radius 2 is 2.00 bits per heavy atom. The van der Waals surface area contributed by atoms with Crippen LogP contribution in [0.5, 0.6) is 0 Å². The molecule has 1 aliphatic carbocycles. The van der Waals surface area contributed by atoms with Gasteiger partial charge in [-0.3, -0.25) is 0 Å². The maximum absolute atomic E-state index is 13.3. The maximum Gasteiger partial charge on any atom is 0.273 e. The van der Waals surface area contributed by atoms with Gasteiger partial charge >= 0.3 is 0 Å². The first kappa shape index (κ1) is 8.60. The fourth-order valence-electron chi connectivity index (χ4n) is 1.74. The Bertz CT molecular complexity index is 355. The lowest BCUT2D eigenvalue weighted by Crippen LogP contribution is -2.07. The second-order valence-electron chi connectivity index (χ2n) is 3.43. The molecule has 13 heavy (non-hydrogen) atoms. The number of alkyl halides is 2. The Hall–Kier alpha value is -0.990. The first-order valence-corrected chi connectivity index (χ1v) is 4.18. The predicted octanol–water partition coefficient (Wildman–Crippen LogP) is 3.17. The van der Waals surface area contributed by atoms with E-state index in [4.69, 9.17) is 0 Å². The van der Waals surface area contributed by atoms with Crippen molar-refractivity contribution in [3.63, 3.8) is 0 Å². The van der Waals surface area contributed by atoms with Crippen LogP contribution in [0.1, 0.15) is 23.1 Å². The van der Waals surface area contributed by atoms with Crippen LogP contribution < -0.4 is 0 Å². The van der Waals surface area contributed by atoms with E-state index < -0.39 is 11.7 Å². The Labute approximate surface area is 74.4 Å². The minimum absolute atomic E-state index is 0.129. The van der Waals surface area contributed by atoms with Gasteiger partial charge in [0.2, 0.25) is 0 Å². The molecule has 0 atom stereocenters. The zero-order valence-electron chi connectivity index (χ0n) is 7.20. The van der Waals surface area contributed by atoms with Crippen LogP contribution in [-0.4, -0.2) is 0 Å². The van der Waals surface area contributed by atoms with E-state index in [-0.39, 0.29) is 24.0 Å². The zero-order chi connectivity index (χ0) is 9.64. The molecule has 1 aliphatic rings. The molecule has 0 unspecified atom stereocenters. The summed E-state index contributed by atoms with van der Waals surface area (Å²) < 4.78 is 39.5. The standard InChI is InChI=1S/C10H9F3/c1-6-2-3-8-7(9(6)11)4-5-10(8,12)13/h2-3H,4-5H2,1H3. The van der Waals surface area contributed by atoms with Crippen molar-refractivity contribution in [1.29, 1.82) is 0 Å². The Morgan fingerprint density at radius 3 is 2.69 bits per heavy atom. The van der Waals surface area contributed by atoms with Gasteiger partial charge in [-0.2, -0.15) is 0 Å². The van der Waals surface area contributed by atoms with Crippen LogP contribution >= 0.6 is 0 Å². The lowest BCUT2D eigenvalue weighted by atomic mass is 10.1. The molecule has 0 spiro atoms. The smallest absolute Gasteiger partial charge is 0.206 e. The van der Waals surface area contributed by atoms with E-state index in [9.17, 15) is 13.2 Å². The van der Waals surface area contributed by atoms with Gasteiger partial charge in [0.05, 0.1) is 0 Å². The molecule has 0 saturated heterocycles. The van der Waals surface area contributed by atoms with Crippen molar-refractivity contribution in [2.45, 2.75) is 25.7 Å². The van der Waals surface area contributed by atoms with Gasteiger partial charge in [-0.15, -0.1) is 0 Å². The van der Waals surface area contributed by atoms with Crippen molar-refractivity contribution in [1.82, 2.24) is 0 Å². The lowest BCUT2D eigenvalue weighted by Gasteiger charge is -2.10. The fourth-order valence-corrected chi connectivity index (χ4v) is 1.74. The van der Waals surface area contributed by atoms with Crippen LogP contribution in [0.15, 0.2) is 12.1 Å². The molecule has 3 heteroatoms. The molecular formula is C10H9F3. The minimum atomic E-state index is -2.83. The maximum atomic E-state index is 13.3. The third-order valence-electron chi connectivity index (χ3n) is 2.52. The van der Waals surface area contributed by atoms with Gasteiger partial charge in [-0.1, -0.05) is 12.1 Å². The molecule has 0 amide bonds. The first-order valence-electron chi connectivity index (χ1n) is 4.18. The summed E-state index contributed by atoms with van der Waals surface area (Å²) in [5.41, 5.74) is 0.511. The van der Waals surface area contributed by atoms with Crippen molar-refractivity contribution in [3.05, 3.63) is 34.6 Å². The highest BCUT2D eigenvalue weighted by Crippen LogP contribution is 2.42. The van der Waals surface area contributed by atoms with Crippen LogP contribution in [0.25, 0.3) is 0 Å². The van der Waals surface area contributed by atoms with Crippen molar-refractivity contribution in [2.75, 3.05) is 0 Å². The normalized spacial score (nSPS) is 18.8. The number of hydrogen-bond donors (Lipinski definition) is 0. The largest absolute Gasteiger partial charge is 0.273 e. The summed E-state index contributed by atoms with van der Waals surface area (Å²) in [4.78, 5) is 0. The molecule has 0 N–H and O–H groups in total. The number of halogens is 3. The molecule has 0 bridgehead atoms. The molecule has 0 saturated carbocycles. The molecule has 0 aliphatic heterocycles. The van der Waals surface area contributed by atoms with Crippen molar-refractivity contribution in [3.8, 4) is 0 Å². The van der Waals surface area contributed by atoms with E-state index in [2.05, 4.69) is 0 Å². The number of aryl methyl sites for hydroxylation is 1. The summed E-state index contributed by atoms with van der Waals surface area (Å²) in [6.07, 6.45) is -0.113. The summed E-state index contributed by atoms with van der Waals surface area (Å²) in [5.74, 6) is -3.29. The quantitative estimate of drug-likeness (QED) is 0.583. The van der Waals surface area contributed by atoms with Gasteiger partial charge in [-0.25, -0.2) is 13.2 Å². The predicted molar refractivity (Wildman–Crippen MR) is 43.4 cm³/mol. The molecule has 1 aromatic carbocycles. The first-order chi connectivity index (χ1) is 6.02. The molecule has 0 aromatic heterocycles. The molecule has 2 rings (SSSR count). The second kappa shape index (κ2) is 2.50. The second-order valence-corrected chi connectivity index (χ2v) is 3.43.